The summed E-state index contributed by atoms with van der Waals surface area (Å²) in [4.78, 5) is 4.35. The average molecular weight is 521 g/mol. The smallest absolute Gasteiger partial charge is 0.191 e. The highest BCUT2D eigenvalue weighted by Crippen LogP contribution is 2.35. The first kappa shape index (κ1) is 24.3. The van der Waals surface area contributed by atoms with Crippen molar-refractivity contribution in [1.29, 1.82) is 0 Å². The molecule has 29 heavy (non-hydrogen) atoms. The topological polar surface area (TPSA) is 75.1 Å². The quantitative estimate of drug-likeness (QED) is 0.292. The predicted molar refractivity (Wildman–Crippen MR) is 122 cm³/mol. The first-order valence-electron chi connectivity index (χ1n) is 10.1. The molecule has 3 rings (SSSR count). The Morgan fingerprint density at radius 2 is 1.86 bits per heavy atom. The molecular weight excluding hydrogens is 488 g/mol. The SMILES string of the molecule is CN=C(NCC1(CCO)CCOC1)NCC1(c2cccc(F)c2)CCOCC1.I. The number of benzene rings is 1. The molecule has 164 valence electrons. The minimum atomic E-state index is -0.210. The van der Waals surface area contributed by atoms with E-state index in [2.05, 4.69) is 15.6 Å². The van der Waals surface area contributed by atoms with Gasteiger partial charge in [0.2, 0.25) is 0 Å². The van der Waals surface area contributed by atoms with E-state index in [1.807, 2.05) is 6.07 Å². The number of ether oxygens (including phenoxy) is 2. The van der Waals surface area contributed by atoms with Gasteiger partial charge in [-0.25, -0.2) is 4.39 Å². The molecule has 2 saturated heterocycles. The Bertz CT molecular complexity index is 662. The van der Waals surface area contributed by atoms with Gasteiger partial charge in [-0.15, -0.1) is 24.0 Å². The van der Waals surface area contributed by atoms with Crippen LogP contribution in [0.3, 0.4) is 0 Å². The van der Waals surface area contributed by atoms with E-state index in [1.165, 1.54) is 6.07 Å². The van der Waals surface area contributed by atoms with Crippen LogP contribution in [0.4, 0.5) is 4.39 Å². The van der Waals surface area contributed by atoms with Crippen molar-refractivity contribution in [2.75, 3.05) is 53.2 Å². The second-order valence-corrected chi connectivity index (χ2v) is 7.96. The highest BCUT2D eigenvalue weighted by atomic mass is 127. The molecule has 1 unspecified atom stereocenters. The van der Waals surface area contributed by atoms with Crippen LogP contribution < -0.4 is 10.6 Å². The predicted octanol–water partition coefficient (Wildman–Crippen LogP) is 2.45. The average Bonchev–Trinajstić information content (AvgIpc) is 3.18. The second kappa shape index (κ2) is 11.4. The first-order chi connectivity index (χ1) is 13.6. The molecule has 3 N–H and O–H groups in total. The zero-order valence-electron chi connectivity index (χ0n) is 17.1. The van der Waals surface area contributed by atoms with Gasteiger partial charge in [-0.3, -0.25) is 4.99 Å². The van der Waals surface area contributed by atoms with Gasteiger partial charge in [-0.05, 0) is 43.4 Å². The van der Waals surface area contributed by atoms with Crippen molar-refractivity contribution in [3.05, 3.63) is 35.6 Å². The third-order valence-electron chi connectivity index (χ3n) is 6.16. The highest BCUT2D eigenvalue weighted by Gasteiger charge is 2.36. The van der Waals surface area contributed by atoms with E-state index in [1.54, 1.807) is 19.2 Å². The van der Waals surface area contributed by atoms with Crippen LogP contribution in [0.25, 0.3) is 0 Å². The van der Waals surface area contributed by atoms with Crippen molar-refractivity contribution >= 4 is 29.9 Å². The maximum absolute atomic E-state index is 13.8. The zero-order valence-corrected chi connectivity index (χ0v) is 19.4. The minimum Gasteiger partial charge on any atom is -0.396 e. The molecule has 0 aliphatic carbocycles. The number of aliphatic hydroxyl groups excluding tert-OH is 1. The van der Waals surface area contributed by atoms with Crippen LogP contribution in [0.15, 0.2) is 29.3 Å². The van der Waals surface area contributed by atoms with Gasteiger partial charge in [-0.1, -0.05) is 12.1 Å². The van der Waals surface area contributed by atoms with Crippen molar-refractivity contribution in [3.63, 3.8) is 0 Å². The summed E-state index contributed by atoms with van der Waals surface area (Å²) in [7, 11) is 1.75. The summed E-state index contributed by atoms with van der Waals surface area (Å²) in [6, 6.07) is 6.89. The zero-order chi connectivity index (χ0) is 19.9. The van der Waals surface area contributed by atoms with Gasteiger partial charge in [0.25, 0.3) is 0 Å². The monoisotopic (exact) mass is 521 g/mol. The molecule has 0 saturated carbocycles. The first-order valence-corrected chi connectivity index (χ1v) is 10.1. The van der Waals surface area contributed by atoms with Crippen molar-refractivity contribution in [1.82, 2.24) is 10.6 Å². The lowest BCUT2D eigenvalue weighted by Gasteiger charge is -2.38. The van der Waals surface area contributed by atoms with Gasteiger partial charge < -0.3 is 25.2 Å². The molecule has 2 aliphatic rings. The van der Waals surface area contributed by atoms with Gasteiger partial charge in [0.15, 0.2) is 5.96 Å². The molecule has 1 aromatic rings. The molecule has 2 heterocycles. The molecule has 0 bridgehead atoms. The summed E-state index contributed by atoms with van der Waals surface area (Å²) < 4.78 is 25.0. The van der Waals surface area contributed by atoms with Gasteiger partial charge in [0.1, 0.15) is 5.82 Å². The number of nitrogens with one attached hydrogen (secondary N) is 2. The summed E-state index contributed by atoms with van der Waals surface area (Å²) in [5.74, 6) is 0.504. The number of halogens is 2. The number of aliphatic imine (C=N–C) groups is 1. The summed E-state index contributed by atoms with van der Waals surface area (Å²) in [6.07, 6.45) is 3.31. The Kier molecular flexibility index (Phi) is 9.58. The van der Waals surface area contributed by atoms with E-state index < -0.39 is 0 Å². The minimum absolute atomic E-state index is 0. The van der Waals surface area contributed by atoms with Crippen LogP contribution in [0.2, 0.25) is 0 Å². The standard InChI is InChI=1S/C21H32FN3O3.HI/c1-23-19(24-14-20(5-9-26)6-10-28-16-20)25-15-21(7-11-27-12-8-21)17-3-2-4-18(22)13-17;/h2-4,13,26H,5-12,14-16H2,1H3,(H2,23,24,25);1H. The number of hydrogen-bond donors (Lipinski definition) is 3. The van der Waals surface area contributed by atoms with Crippen molar-refractivity contribution in [2.45, 2.75) is 31.1 Å². The van der Waals surface area contributed by atoms with Crippen LogP contribution in [0.1, 0.15) is 31.2 Å². The lowest BCUT2D eigenvalue weighted by Crippen LogP contribution is -2.50. The summed E-state index contributed by atoms with van der Waals surface area (Å²) in [5.41, 5.74) is 0.766. The Morgan fingerprint density at radius 1 is 1.14 bits per heavy atom. The third-order valence-corrected chi connectivity index (χ3v) is 6.16. The van der Waals surface area contributed by atoms with Gasteiger partial charge in [0.05, 0.1) is 6.61 Å². The summed E-state index contributed by atoms with van der Waals surface area (Å²) in [5, 5.41) is 16.2. The van der Waals surface area contributed by atoms with Crippen LogP contribution in [-0.2, 0) is 14.9 Å². The molecule has 0 radical (unpaired) electrons. The van der Waals surface area contributed by atoms with Gasteiger partial charge >= 0.3 is 0 Å². The fourth-order valence-corrected chi connectivity index (χ4v) is 4.20. The molecule has 0 amide bonds. The number of hydrogen-bond acceptors (Lipinski definition) is 4. The number of rotatable bonds is 7. The summed E-state index contributed by atoms with van der Waals surface area (Å²) >= 11 is 0. The number of aliphatic hydroxyl groups is 1. The van der Waals surface area contributed by atoms with Crippen LogP contribution >= 0.6 is 24.0 Å². The second-order valence-electron chi connectivity index (χ2n) is 7.96. The number of nitrogens with zero attached hydrogens (tertiary/aromatic N) is 1. The van der Waals surface area contributed by atoms with Crippen molar-refractivity contribution < 1.29 is 19.0 Å². The maximum atomic E-state index is 13.8. The molecule has 1 aromatic carbocycles. The van der Waals surface area contributed by atoms with Crippen molar-refractivity contribution in [3.8, 4) is 0 Å². The van der Waals surface area contributed by atoms with E-state index in [0.29, 0.717) is 45.3 Å². The fraction of sp³-hybridized carbons (Fsp3) is 0.667. The summed E-state index contributed by atoms with van der Waals surface area (Å²) in [6.45, 7) is 4.23. The van der Waals surface area contributed by atoms with E-state index in [9.17, 15) is 9.50 Å². The largest absolute Gasteiger partial charge is 0.396 e. The number of guanidine groups is 1. The molecule has 0 spiro atoms. The van der Waals surface area contributed by atoms with Crippen LogP contribution in [0.5, 0.6) is 0 Å². The molecule has 2 fully saturated rings. The van der Waals surface area contributed by atoms with Gasteiger partial charge in [-0.2, -0.15) is 0 Å². The van der Waals surface area contributed by atoms with Crippen LogP contribution in [0, 0.1) is 11.2 Å². The molecule has 1 atom stereocenters. The van der Waals surface area contributed by atoms with E-state index in [4.69, 9.17) is 9.47 Å². The van der Waals surface area contributed by atoms with E-state index in [0.717, 1.165) is 31.4 Å². The molecular formula is C21H33FIN3O3. The Morgan fingerprint density at radius 3 is 2.48 bits per heavy atom. The lowest BCUT2D eigenvalue weighted by molar-refractivity contribution is 0.0512. The van der Waals surface area contributed by atoms with Crippen LogP contribution in [-0.4, -0.2) is 64.2 Å². The van der Waals surface area contributed by atoms with E-state index in [-0.39, 0.29) is 47.2 Å². The molecule has 8 heteroatoms. The maximum Gasteiger partial charge on any atom is 0.191 e. The third kappa shape index (κ3) is 6.26. The molecule has 2 aliphatic heterocycles. The molecule has 0 aromatic heterocycles. The van der Waals surface area contributed by atoms with Gasteiger partial charge in [0, 0.05) is 57.4 Å². The fourth-order valence-electron chi connectivity index (χ4n) is 4.20. The van der Waals surface area contributed by atoms with Crippen molar-refractivity contribution in [2.24, 2.45) is 10.4 Å². The molecule has 6 nitrogen and oxygen atoms in total. The lowest BCUT2D eigenvalue weighted by atomic mass is 9.74. The Labute approximate surface area is 189 Å². The van der Waals surface area contributed by atoms with E-state index >= 15 is 0 Å². The Balaban J connectivity index is 0.00000300. The normalized spacial score (nSPS) is 24.0. The Hall–Kier alpha value is -0.970. The highest BCUT2D eigenvalue weighted by molar-refractivity contribution is 14.0.